The van der Waals surface area contributed by atoms with Crippen molar-refractivity contribution in [3.8, 4) is 0 Å². The molecule has 7 aliphatic rings. The number of epoxide rings is 1. The van der Waals surface area contributed by atoms with Gasteiger partial charge < -0.3 is 14.2 Å². The van der Waals surface area contributed by atoms with Crippen molar-refractivity contribution in [2.45, 2.75) is 362 Å². The van der Waals surface area contributed by atoms with Gasteiger partial charge >= 0.3 is 5.97 Å². The number of unbranched alkanes of at least 4 members (excludes halogenated alkanes) is 19. The highest BCUT2D eigenvalue weighted by atomic mass is 17.2. The summed E-state index contributed by atoms with van der Waals surface area (Å²) in [5.41, 5.74) is 5.24. The molecule has 7 nitrogen and oxygen atoms in total. The lowest BCUT2D eigenvalue weighted by Crippen LogP contribution is -2.54. The SMILES string of the molecule is CCCCCCCCCCCCCCCC[C@]1(C)CCC2=C(C)C(=O)C(C)=C(C)C2(OOC(/C=C/C2OC2CCCCCCCC(=O)O[C@H]2CC[C@@]3(C)C(=CC[C@H]4[C@@H]5CC[C@H]([C@H](C)CCCC(C)C)[C@@]5(C)CC[C@@H]43)C2)CCCCC)O1. The van der Waals surface area contributed by atoms with E-state index in [0.717, 1.165) is 155 Å². The first-order chi connectivity index (χ1) is 39.0. The monoisotopic (exact) mass is 1120 g/mol. The molecule has 0 aromatic rings. The van der Waals surface area contributed by atoms with Gasteiger partial charge in [-0.3, -0.25) is 9.59 Å². The van der Waals surface area contributed by atoms with Crippen LogP contribution in [0, 0.1) is 46.3 Å². The van der Waals surface area contributed by atoms with Crippen LogP contribution in [0.4, 0.5) is 0 Å². The number of rotatable bonds is 38. The van der Waals surface area contributed by atoms with Gasteiger partial charge in [-0.15, -0.1) is 0 Å². The molecule has 5 aliphatic carbocycles. The van der Waals surface area contributed by atoms with E-state index in [2.05, 4.69) is 73.6 Å². The molecular weight excluding hydrogens is 1000 g/mol. The molecule has 2 aliphatic heterocycles. The maximum Gasteiger partial charge on any atom is 0.306 e. The van der Waals surface area contributed by atoms with Gasteiger partial charge in [-0.05, 0) is 163 Å². The molecule has 5 fully saturated rings. The summed E-state index contributed by atoms with van der Waals surface area (Å²) in [4.78, 5) is 39.9. The van der Waals surface area contributed by atoms with E-state index in [-0.39, 0.29) is 47.2 Å². The minimum absolute atomic E-state index is 0.0107. The molecule has 4 unspecified atom stereocenters. The van der Waals surface area contributed by atoms with Gasteiger partial charge in [0.2, 0.25) is 5.79 Å². The van der Waals surface area contributed by atoms with Gasteiger partial charge in [-0.25, -0.2) is 4.89 Å². The van der Waals surface area contributed by atoms with Crippen LogP contribution in [0.15, 0.2) is 46.1 Å². The Morgan fingerprint density at radius 3 is 2.05 bits per heavy atom. The summed E-state index contributed by atoms with van der Waals surface area (Å²) < 4.78 is 19.6. The molecule has 0 bridgehead atoms. The minimum Gasteiger partial charge on any atom is -0.462 e. The molecule has 0 amide bonds. The number of Topliss-reactive ketones (excluding diaryl/α,β-unsaturated/α-hetero) is 1. The number of carbonyl (C=O) groups excluding carboxylic acids is 2. The largest absolute Gasteiger partial charge is 0.462 e. The van der Waals surface area contributed by atoms with Gasteiger partial charge in [-0.1, -0.05) is 226 Å². The van der Waals surface area contributed by atoms with Crippen LogP contribution >= 0.6 is 0 Å². The van der Waals surface area contributed by atoms with Crippen LogP contribution in [0.1, 0.15) is 327 Å². The van der Waals surface area contributed by atoms with Crippen molar-refractivity contribution in [3.05, 3.63) is 46.1 Å². The molecule has 0 spiro atoms. The average Bonchev–Trinajstić information content (AvgIpc) is 4.30. The molecule has 0 aromatic carbocycles. The second kappa shape index (κ2) is 32.1. The Bertz CT molecular complexity index is 2080. The Balaban J connectivity index is 0.787. The first kappa shape index (κ1) is 66.5. The number of hydrogen-bond donors (Lipinski definition) is 0. The fourth-order valence-corrected chi connectivity index (χ4v) is 17.4. The predicted octanol–water partition coefficient (Wildman–Crippen LogP) is 21.3. The summed E-state index contributed by atoms with van der Waals surface area (Å²) in [6.45, 7) is 25.3. The number of allylic oxidation sites excluding steroid dienone is 3. The van der Waals surface area contributed by atoms with Gasteiger partial charge in [0.05, 0.1) is 11.7 Å². The third-order valence-corrected chi connectivity index (χ3v) is 22.9. The smallest absolute Gasteiger partial charge is 0.306 e. The summed E-state index contributed by atoms with van der Waals surface area (Å²) >= 11 is 0. The van der Waals surface area contributed by atoms with Crippen molar-refractivity contribution in [1.29, 1.82) is 0 Å². The van der Waals surface area contributed by atoms with Gasteiger partial charge in [0, 0.05) is 29.6 Å². The van der Waals surface area contributed by atoms with Crippen molar-refractivity contribution in [1.82, 2.24) is 0 Å². The second-order valence-corrected chi connectivity index (χ2v) is 29.4. The summed E-state index contributed by atoms with van der Waals surface area (Å²) in [7, 11) is 0. The third-order valence-electron chi connectivity index (χ3n) is 22.9. The van der Waals surface area contributed by atoms with Gasteiger partial charge in [0.25, 0.3) is 0 Å². The van der Waals surface area contributed by atoms with Crippen LogP contribution in [0.3, 0.4) is 0 Å². The Labute approximate surface area is 497 Å². The number of ether oxygens (including phenoxy) is 3. The standard InChI is InChI=1S/C74H124O7/c1-12-14-16-17-18-19-20-21-22-23-24-25-29-33-49-71(9)50-47-64-57(7)70(76)56(6)58(8)74(64,80-71)81-79-60(37-30-15-13-2)41-45-68-67(78-68)38-31-27-26-28-32-39-69(75)77-61-46-51-72(10)59(53-61)40-42-62-65-44-43-63(55(5)36-34-35-54(3)4)73(65,11)52-48-66(62)72/h40-41,45,54-55,60-63,65-68H,12-39,42-44,46-53H2,1-11H3/b45-41+/t55-,60?,61+,62+,63-,65+,66+,67?,68?,71-,72+,73-,74?/m1/s1. The van der Waals surface area contributed by atoms with E-state index in [1.807, 2.05) is 20.8 Å². The molecular formula is C74H124O7. The molecule has 462 valence electrons. The molecule has 0 radical (unpaired) electrons. The van der Waals surface area contributed by atoms with Crippen molar-refractivity contribution in [2.24, 2.45) is 46.3 Å². The molecule has 0 N–H and O–H groups in total. The topological polar surface area (TPSA) is 83.6 Å². The zero-order valence-corrected chi connectivity index (χ0v) is 54.4. The fourth-order valence-electron chi connectivity index (χ4n) is 17.4. The van der Waals surface area contributed by atoms with Crippen molar-refractivity contribution >= 4 is 11.8 Å². The van der Waals surface area contributed by atoms with E-state index < -0.39 is 5.79 Å². The molecule has 7 rings (SSSR count). The molecule has 2 heterocycles. The van der Waals surface area contributed by atoms with Crippen LogP contribution in [-0.4, -0.2) is 47.6 Å². The molecule has 3 saturated carbocycles. The molecule has 0 aromatic heterocycles. The predicted molar refractivity (Wildman–Crippen MR) is 336 cm³/mol. The van der Waals surface area contributed by atoms with Crippen LogP contribution < -0.4 is 0 Å². The lowest BCUT2D eigenvalue weighted by atomic mass is 9.47. The van der Waals surface area contributed by atoms with Crippen LogP contribution in [0.2, 0.25) is 0 Å². The van der Waals surface area contributed by atoms with E-state index in [4.69, 9.17) is 24.0 Å². The van der Waals surface area contributed by atoms with Crippen LogP contribution in [0.25, 0.3) is 0 Å². The number of esters is 1. The molecule has 2 saturated heterocycles. The highest BCUT2D eigenvalue weighted by molar-refractivity contribution is 6.10. The Morgan fingerprint density at radius 1 is 0.704 bits per heavy atom. The molecule has 13 atom stereocenters. The van der Waals surface area contributed by atoms with Gasteiger partial charge in [-0.2, -0.15) is 4.89 Å². The first-order valence-corrected chi connectivity index (χ1v) is 35.2. The van der Waals surface area contributed by atoms with E-state index in [9.17, 15) is 9.59 Å². The number of fused-ring (bicyclic) bond motifs is 6. The van der Waals surface area contributed by atoms with Gasteiger partial charge in [0.15, 0.2) is 5.78 Å². The average molecular weight is 1130 g/mol. The lowest BCUT2D eigenvalue weighted by Gasteiger charge is -2.58. The quantitative estimate of drug-likeness (QED) is 0.0152. The van der Waals surface area contributed by atoms with Crippen molar-refractivity contribution in [2.75, 3.05) is 0 Å². The maximum absolute atomic E-state index is 13.5. The lowest BCUT2D eigenvalue weighted by molar-refractivity contribution is -0.436. The normalized spacial score (nSPS) is 32.7. The Hall–Kier alpha value is -2.06. The van der Waals surface area contributed by atoms with E-state index in [1.54, 1.807) is 5.57 Å². The number of carbonyl (C=O) groups is 2. The van der Waals surface area contributed by atoms with Crippen LogP contribution in [-0.2, 0) is 33.6 Å². The highest BCUT2D eigenvalue weighted by Gasteiger charge is 2.60. The maximum atomic E-state index is 13.5. The Morgan fingerprint density at radius 2 is 1.36 bits per heavy atom. The Kier molecular flexibility index (Phi) is 26.3. The van der Waals surface area contributed by atoms with Crippen molar-refractivity contribution in [3.63, 3.8) is 0 Å². The van der Waals surface area contributed by atoms with Gasteiger partial charge in [0.1, 0.15) is 18.3 Å². The number of ketones is 1. The first-order valence-electron chi connectivity index (χ1n) is 35.2. The van der Waals surface area contributed by atoms with E-state index >= 15 is 0 Å². The summed E-state index contributed by atoms with van der Waals surface area (Å²) in [5.74, 6) is 3.99. The zero-order chi connectivity index (χ0) is 58.0. The minimum atomic E-state index is -1.19. The third kappa shape index (κ3) is 17.8. The fraction of sp³-hybridized carbons (Fsp3) is 0.865. The zero-order valence-electron chi connectivity index (χ0n) is 54.4. The molecule has 81 heavy (non-hydrogen) atoms. The highest BCUT2D eigenvalue weighted by Crippen LogP contribution is 2.67. The van der Waals surface area contributed by atoms with E-state index in [0.29, 0.717) is 17.4 Å². The van der Waals surface area contributed by atoms with Crippen LogP contribution in [0.5, 0.6) is 0 Å². The number of hydrogen-bond acceptors (Lipinski definition) is 7. The molecule has 7 heteroatoms. The van der Waals surface area contributed by atoms with E-state index in [1.165, 1.54) is 141 Å². The summed E-state index contributed by atoms with van der Waals surface area (Å²) in [6.07, 6.45) is 54.0. The summed E-state index contributed by atoms with van der Waals surface area (Å²) in [6, 6.07) is 0. The van der Waals surface area contributed by atoms with Crippen molar-refractivity contribution < 1.29 is 33.6 Å². The summed E-state index contributed by atoms with van der Waals surface area (Å²) in [5, 5.41) is 0. The second-order valence-electron chi connectivity index (χ2n) is 29.4.